The number of benzene rings is 1. The van der Waals surface area contributed by atoms with Crippen molar-refractivity contribution in [1.29, 1.82) is 0 Å². The van der Waals surface area contributed by atoms with Crippen molar-refractivity contribution < 1.29 is 19.1 Å². The Morgan fingerprint density at radius 1 is 0.808 bits per heavy atom. The van der Waals surface area contributed by atoms with Gasteiger partial charge in [-0.25, -0.2) is 0 Å². The summed E-state index contributed by atoms with van der Waals surface area (Å²) >= 11 is 23.8. The highest BCUT2D eigenvalue weighted by molar-refractivity contribution is 6.48. The molecule has 0 aromatic heterocycles. The first-order valence-corrected chi connectivity index (χ1v) is 10.1. The van der Waals surface area contributed by atoms with Crippen LogP contribution >= 0.6 is 46.4 Å². The van der Waals surface area contributed by atoms with E-state index in [0.717, 1.165) is 32.1 Å². The highest BCUT2D eigenvalue weighted by Gasteiger charge is 2.18. The van der Waals surface area contributed by atoms with Crippen LogP contribution < -0.4 is 4.74 Å². The fourth-order valence-electron chi connectivity index (χ4n) is 2.28. The zero-order chi connectivity index (χ0) is 19.5. The first-order chi connectivity index (χ1) is 12.4. The maximum atomic E-state index is 11.9. The van der Waals surface area contributed by atoms with Crippen molar-refractivity contribution in [3.63, 3.8) is 0 Å². The normalized spacial score (nSPS) is 10.7. The van der Waals surface area contributed by atoms with Crippen LogP contribution in [-0.4, -0.2) is 18.5 Å². The Morgan fingerprint density at radius 2 is 1.27 bits per heavy atom. The average molecular weight is 444 g/mol. The molecule has 0 aliphatic heterocycles. The molecular weight excluding hydrogens is 422 g/mol. The van der Waals surface area contributed by atoms with Crippen LogP contribution in [0, 0.1) is 0 Å². The summed E-state index contributed by atoms with van der Waals surface area (Å²) in [5, 5.41) is 0.477. The molecule has 0 heterocycles. The van der Waals surface area contributed by atoms with Gasteiger partial charge in [0.2, 0.25) is 0 Å². The largest absolute Gasteiger partial charge is 0.466 e. The fourth-order valence-corrected chi connectivity index (χ4v) is 3.15. The van der Waals surface area contributed by atoms with Gasteiger partial charge >= 0.3 is 11.9 Å². The van der Waals surface area contributed by atoms with Gasteiger partial charge in [-0.05, 0) is 25.8 Å². The summed E-state index contributed by atoms with van der Waals surface area (Å²) in [7, 11) is 0. The zero-order valence-electron chi connectivity index (χ0n) is 14.6. The molecule has 146 valence electrons. The molecule has 1 aromatic rings. The maximum Gasteiger partial charge on any atom is 0.311 e. The number of hydrogen-bond donors (Lipinski definition) is 0. The van der Waals surface area contributed by atoms with Gasteiger partial charge in [-0.3, -0.25) is 9.59 Å². The van der Waals surface area contributed by atoms with E-state index in [0.29, 0.717) is 19.4 Å². The number of hydrogen-bond acceptors (Lipinski definition) is 4. The van der Waals surface area contributed by atoms with Gasteiger partial charge in [0, 0.05) is 12.8 Å². The third-order valence-electron chi connectivity index (χ3n) is 3.60. The minimum absolute atomic E-state index is 0.00482. The Balaban J connectivity index is 2.21. The van der Waals surface area contributed by atoms with Crippen molar-refractivity contribution in [2.45, 2.75) is 58.3 Å². The summed E-state index contributed by atoms with van der Waals surface area (Å²) in [4.78, 5) is 23.1. The molecular formula is C18H22Cl4O4. The lowest BCUT2D eigenvalue weighted by atomic mass is 10.1. The SMILES string of the molecule is CCOC(=O)CCCCCCCCC(=O)Oc1c(Cl)c(Cl)cc(Cl)c1Cl. The lowest BCUT2D eigenvalue weighted by molar-refractivity contribution is -0.143. The van der Waals surface area contributed by atoms with E-state index >= 15 is 0 Å². The second-order valence-electron chi connectivity index (χ2n) is 5.70. The summed E-state index contributed by atoms with van der Waals surface area (Å²) in [6.07, 6.45) is 6.09. The molecule has 0 aliphatic carbocycles. The standard InChI is InChI=1S/C18H22Cl4O4/c1-2-25-14(23)9-7-5-3-4-6-8-10-15(24)26-18-16(21)12(19)11-13(20)17(18)22/h11H,2-10H2,1H3. The molecule has 0 N–H and O–H groups in total. The number of esters is 2. The molecule has 1 aromatic carbocycles. The molecule has 0 saturated carbocycles. The summed E-state index contributed by atoms with van der Waals surface area (Å²) < 4.78 is 10.1. The van der Waals surface area contributed by atoms with E-state index in [1.54, 1.807) is 6.92 Å². The molecule has 0 unspecified atom stereocenters. The first-order valence-electron chi connectivity index (χ1n) is 8.56. The first kappa shape index (κ1) is 23.4. The van der Waals surface area contributed by atoms with Crippen molar-refractivity contribution in [2.24, 2.45) is 0 Å². The number of ether oxygens (including phenoxy) is 2. The minimum atomic E-state index is -0.436. The lowest BCUT2D eigenvalue weighted by Crippen LogP contribution is -2.08. The molecule has 4 nitrogen and oxygen atoms in total. The van der Waals surface area contributed by atoms with Crippen molar-refractivity contribution in [3.8, 4) is 5.75 Å². The summed E-state index contributed by atoms with van der Waals surface area (Å²) in [6, 6.07) is 1.40. The van der Waals surface area contributed by atoms with Crippen LogP contribution in [0.25, 0.3) is 0 Å². The molecule has 0 fully saturated rings. The van der Waals surface area contributed by atoms with Crippen LogP contribution in [-0.2, 0) is 14.3 Å². The van der Waals surface area contributed by atoms with Crippen molar-refractivity contribution >= 4 is 58.3 Å². The molecule has 0 amide bonds. The predicted molar refractivity (Wildman–Crippen MR) is 106 cm³/mol. The average Bonchev–Trinajstić information content (AvgIpc) is 2.59. The number of halogens is 4. The van der Waals surface area contributed by atoms with Crippen LogP contribution in [0.15, 0.2) is 6.07 Å². The second-order valence-corrected chi connectivity index (χ2v) is 7.27. The summed E-state index contributed by atoms with van der Waals surface area (Å²) in [5.74, 6) is -0.585. The lowest BCUT2D eigenvalue weighted by Gasteiger charge is -2.10. The maximum absolute atomic E-state index is 11.9. The van der Waals surface area contributed by atoms with E-state index in [4.69, 9.17) is 55.9 Å². The van der Waals surface area contributed by atoms with Gasteiger partial charge in [0.1, 0.15) is 10.0 Å². The van der Waals surface area contributed by atoms with Crippen molar-refractivity contribution in [1.82, 2.24) is 0 Å². The van der Waals surface area contributed by atoms with Crippen LogP contribution in [0.4, 0.5) is 0 Å². The molecule has 0 saturated heterocycles. The Labute approximate surface area is 174 Å². The van der Waals surface area contributed by atoms with Gasteiger partial charge in [-0.1, -0.05) is 72.1 Å². The quantitative estimate of drug-likeness (QED) is 0.161. The fraction of sp³-hybridized carbons (Fsp3) is 0.556. The van der Waals surface area contributed by atoms with Gasteiger partial charge in [0.15, 0.2) is 5.75 Å². The van der Waals surface area contributed by atoms with Crippen LogP contribution in [0.1, 0.15) is 58.3 Å². The summed E-state index contributed by atoms with van der Waals surface area (Å²) in [6.45, 7) is 2.22. The predicted octanol–water partition coefficient (Wildman–Crippen LogP) is 6.89. The monoisotopic (exact) mass is 442 g/mol. The van der Waals surface area contributed by atoms with E-state index in [1.165, 1.54) is 6.07 Å². The third kappa shape index (κ3) is 8.34. The topological polar surface area (TPSA) is 52.6 Å². The van der Waals surface area contributed by atoms with Crippen molar-refractivity contribution in [2.75, 3.05) is 6.61 Å². The second kappa shape index (κ2) is 12.7. The van der Waals surface area contributed by atoms with Crippen LogP contribution in [0.3, 0.4) is 0 Å². The Kier molecular flexibility index (Phi) is 11.4. The smallest absolute Gasteiger partial charge is 0.311 e. The zero-order valence-corrected chi connectivity index (χ0v) is 17.6. The Bertz CT molecular complexity index is 593. The molecule has 26 heavy (non-hydrogen) atoms. The van der Waals surface area contributed by atoms with Gasteiger partial charge in [-0.2, -0.15) is 0 Å². The van der Waals surface area contributed by atoms with Crippen LogP contribution in [0.5, 0.6) is 5.75 Å². The van der Waals surface area contributed by atoms with Gasteiger partial charge in [-0.15, -0.1) is 0 Å². The Hall–Kier alpha value is -0.680. The van der Waals surface area contributed by atoms with Gasteiger partial charge in [0.25, 0.3) is 0 Å². The minimum Gasteiger partial charge on any atom is -0.466 e. The Morgan fingerprint density at radius 3 is 1.77 bits per heavy atom. The molecule has 0 radical (unpaired) electrons. The molecule has 8 heteroatoms. The molecule has 0 spiro atoms. The number of unbranched alkanes of at least 4 members (excludes halogenated alkanes) is 5. The number of carbonyl (C=O) groups is 2. The van der Waals surface area contributed by atoms with Gasteiger partial charge in [0.05, 0.1) is 16.7 Å². The highest BCUT2D eigenvalue weighted by Crippen LogP contribution is 2.42. The van der Waals surface area contributed by atoms with E-state index in [2.05, 4.69) is 0 Å². The van der Waals surface area contributed by atoms with Crippen LogP contribution in [0.2, 0.25) is 20.1 Å². The summed E-state index contributed by atoms with van der Waals surface area (Å²) in [5.41, 5.74) is 0. The molecule has 0 atom stereocenters. The molecule has 0 aliphatic rings. The molecule has 0 bridgehead atoms. The van der Waals surface area contributed by atoms with E-state index < -0.39 is 5.97 Å². The molecule has 1 rings (SSSR count). The van der Waals surface area contributed by atoms with E-state index in [1.807, 2.05) is 0 Å². The number of rotatable bonds is 11. The number of carbonyl (C=O) groups excluding carboxylic acids is 2. The van der Waals surface area contributed by atoms with Gasteiger partial charge < -0.3 is 9.47 Å². The van der Waals surface area contributed by atoms with E-state index in [-0.39, 0.29) is 38.2 Å². The highest BCUT2D eigenvalue weighted by atomic mass is 35.5. The van der Waals surface area contributed by atoms with E-state index in [9.17, 15) is 9.59 Å². The van der Waals surface area contributed by atoms with Crippen molar-refractivity contribution in [3.05, 3.63) is 26.2 Å². The third-order valence-corrected chi connectivity index (χ3v) is 5.14.